The Bertz CT molecular complexity index is 569. The fourth-order valence-electron chi connectivity index (χ4n) is 3.11. The van der Waals surface area contributed by atoms with E-state index in [1.807, 2.05) is 0 Å². The molecule has 0 radical (unpaired) electrons. The van der Waals surface area contributed by atoms with Crippen LogP contribution < -0.4 is 5.32 Å². The van der Waals surface area contributed by atoms with Gasteiger partial charge in [-0.25, -0.2) is 0 Å². The van der Waals surface area contributed by atoms with Crippen LogP contribution in [0.15, 0.2) is 29.2 Å². The highest BCUT2D eigenvalue weighted by Gasteiger charge is 2.40. The van der Waals surface area contributed by atoms with Gasteiger partial charge in [0.2, 0.25) is 11.8 Å². The standard InChI is InChI=1S/C18H24N2O2S/c1-23-15-8-4-13(5-9-15)10-11-19-17(21)16-3-2-12-20(16)18(22)14-6-7-14/h4-5,8-9,14,16H,2-3,6-7,10-12H2,1H3,(H,19,21)/t16-/m0/s1. The largest absolute Gasteiger partial charge is 0.354 e. The lowest BCUT2D eigenvalue weighted by Crippen LogP contribution is -2.46. The Kier molecular flexibility index (Phi) is 5.26. The minimum atomic E-state index is -0.248. The lowest BCUT2D eigenvalue weighted by atomic mass is 10.1. The maximum absolute atomic E-state index is 12.4. The topological polar surface area (TPSA) is 49.4 Å². The van der Waals surface area contributed by atoms with Gasteiger partial charge in [-0.2, -0.15) is 0 Å². The lowest BCUT2D eigenvalue weighted by molar-refractivity contribution is -0.139. The van der Waals surface area contributed by atoms with Gasteiger partial charge in [-0.1, -0.05) is 12.1 Å². The van der Waals surface area contributed by atoms with Crippen molar-refractivity contribution in [1.29, 1.82) is 0 Å². The van der Waals surface area contributed by atoms with Gasteiger partial charge in [0, 0.05) is 23.9 Å². The van der Waals surface area contributed by atoms with Crippen LogP contribution >= 0.6 is 11.8 Å². The van der Waals surface area contributed by atoms with Gasteiger partial charge in [0.05, 0.1) is 0 Å². The number of benzene rings is 1. The van der Waals surface area contributed by atoms with Gasteiger partial charge in [-0.05, 0) is 56.1 Å². The quantitative estimate of drug-likeness (QED) is 0.814. The summed E-state index contributed by atoms with van der Waals surface area (Å²) in [6.07, 6.45) is 6.61. The molecule has 1 aromatic rings. The zero-order valence-corrected chi connectivity index (χ0v) is 14.4. The molecular weight excluding hydrogens is 308 g/mol. The van der Waals surface area contributed by atoms with Crippen LogP contribution in [0, 0.1) is 5.92 Å². The van der Waals surface area contributed by atoms with Gasteiger partial charge in [0.1, 0.15) is 6.04 Å². The third kappa shape index (κ3) is 4.08. The third-order valence-electron chi connectivity index (χ3n) is 4.64. The van der Waals surface area contributed by atoms with Crippen molar-refractivity contribution >= 4 is 23.6 Å². The Hall–Kier alpha value is -1.49. The molecule has 124 valence electrons. The van der Waals surface area contributed by atoms with E-state index >= 15 is 0 Å². The Balaban J connectivity index is 1.47. The van der Waals surface area contributed by atoms with Crippen molar-refractivity contribution in [1.82, 2.24) is 10.2 Å². The monoisotopic (exact) mass is 332 g/mol. The van der Waals surface area contributed by atoms with Gasteiger partial charge in [-0.3, -0.25) is 9.59 Å². The van der Waals surface area contributed by atoms with Gasteiger partial charge in [0.15, 0.2) is 0 Å². The number of carbonyl (C=O) groups is 2. The molecule has 1 aliphatic carbocycles. The molecule has 1 saturated heterocycles. The SMILES string of the molecule is CSc1ccc(CCNC(=O)[C@@H]2CCCN2C(=O)C2CC2)cc1. The minimum Gasteiger partial charge on any atom is -0.354 e. The fourth-order valence-corrected chi connectivity index (χ4v) is 3.52. The van der Waals surface area contributed by atoms with E-state index in [9.17, 15) is 9.59 Å². The first kappa shape index (κ1) is 16.4. The Labute approximate surface area is 142 Å². The van der Waals surface area contributed by atoms with Gasteiger partial charge in [-0.15, -0.1) is 11.8 Å². The van der Waals surface area contributed by atoms with Crippen molar-refractivity contribution in [2.75, 3.05) is 19.3 Å². The maximum atomic E-state index is 12.4. The van der Waals surface area contributed by atoms with Gasteiger partial charge < -0.3 is 10.2 Å². The smallest absolute Gasteiger partial charge is 0.242 e. The van der Waals surface area contributed by atoms with Crippen LogP contribution in [-0.4, -0.2) is 42.1 Å². The molecule has 1 aromatic carbocycles. The van der Waals surface area contributed by atoms with E-state index < -0.39 is 0 Å². The molecule has 2 amide bonds. The summed E-state index contributed by atoms with van der Waals surface area (Å²) >= 11 is 1.73. The highest BCUT2D eigenvalue weighted by Crippen LogP contribution is 2.33. The second-order valence-corrected chi connectivity index (χ2v) is 7.23. The summed E-state index contributed by atoms with van der Waals surface area (Å²) in [7, 11) is 0. The molecule has 1 aliphatic heterocycles. The molecule has 0 bridgehead atoms. The van der Waals surface area contributed by atoms with Crippen LogP contribution in [0.25, 0.3) is 0 Å². The van der Waals surface area contributed by atoms with E-state index in [0.717, 1.165) is 38.6 Å². The van der Waals surface area contributed by atoms with E-state index in [0.29, 0.717) is 6.54 Å². The summed E-state index contributed by atoms with van der Waals surface area (Å²) in [5.41, 5.74) is 1.22. The average molecular weight is 332 g/mol. The summed E-state index contributed by atoms with van der Waals surface area (Å²) in [6, 6.07) is 8.18. The van der Waals surface area contributed by atoms with Gasteiger partial charge >= 0.3 is 0 Å². The minimum absolute atomic E-state index is 0.0113. The van der Waals surface area contributed by atoms with Crippen LogP contribution in [0.5, 0.6) is 0 Å². The Morgan fingerprint density at radius 2 is 1.96 bits per heavy atom. The van der Waals surface area contributed by atoms with E-state index in [1.165, 1.54) is 10.5 Å². The van der Waals surface area contributed by atoms with Crippen LogP contribution in [0.1, 0.15) is 31.2 Å². The van der Waals surface area contributed by atoms with Crippen LogP contribution in [0.4, 0.5) is 0 Å². The molecule has 5 heteroatoms. The molecule has 1 N–H and O–H groups in total. The molecule has 2 aliphatic rings. The molecule has 1 atom stereocenters. The van der Waals surface area contributed by atoms with Crippen molar-refractivity contribution in [2.45, 2.75) is 43.0 Å². The van der Waals surface area contributed by atoms with Crippen molar-refractivity contribution in [3.8, 4) is 0 Å². The number of rotatable bonds is 6. The normalized spacial score (nSPS) is 20.6. The van der Waals surface area contributed by atoms with E-state index in [-0.39, 0.29) is 23.8 Å². The Morgan fingerprint density at radius 1 is 1.22 bits per heavy atom. The molecule has 23 heavy (non-hydrogen) atoms. The van der Waals surface area contributed by atoms with Crippen LogP contribution in [0.3, 0.4) is 0 Å². The number of likely N-dealkylation sites (tertiary alicyclic amines) is 1. The van der Waals surface area contributed by atoms with E-state index in [2.05, 4.69) is 35.8 Å². The highest BCUT2D eigenvalue weighted by atomic mass is 32.2. The van der Waals surface area contributed by atoms with Crippen LogP contribution in [-0.2, 0) is 16.0 Å². The third-order valence-corrected chi connectivity index (χ3v) is 5.38. The zero-order chi connectivity index (χ0) is 16.2. The first-order valence-corrected chi connectivity index (χ1v) is 9.62. The van der Waals surface area contributed by atoms with Crippen molar-refractivity contribution in [3.05, 3.63) is 29.8 Å². The number of nitrogens with zero attached hydrogens (tertiary/aromatic N) is 1. The molecule has 1 saturated carbocycles. The molecule has 0 spiro atoms. The number of hydrogen-bond acceptors (Lipinski definition) is 3. The molecule has 1 heterocycles. The lowest BCUT2D eigenvalue weighted by Gasteiger charge is -2.24. The van der Waals surface area contributed by atoms with E-state index in [4.69, 9.17) is 0 Å². The molecule has 0 aromatic heterocycles. The fraction of sp³-hybridized carbons (Fsp3) is 0.556. The number of amides is 2. The Morgan fingerprint density at radius 3 is 2.61 bits per heavy atom. The molecule has 2 fully saturated rings. The van der Waals surface area contributed by atoms with Gasteiger partial charge in [0.25, 0.3) is 0 Å². The summed E-state index contributed by atoms with van der Waals surface area (Å²) in [6.45, 7) is 1.36. The summed E-state index contributed by atoms with van der Waals surface area (Å²) in [5, 5.41) is 3.01. The average Bonchev–Trinajstić information content (AvgIpc) is 3.31. The zero-order valence-electron chi connectivity index (χ0n) is 13.6. The highest BCUT2D eigenvalue weighted by molar-refractivity contribution is 7.98. The van der Waals surface area contributed by atoms with Crippen molar-refractivity contribution in [2.24, 2.45) is 5.92 Å². The summed E-state index contributed by atoms with van der Waals surface area (Å²) < 4.78 is 0. The summed E-state index contributed by atoms with van der Waals surface area (Å²) in [5.74, 6) is 0.394. The number of thioether (sulfide) groups is 1. The molecule has 0 unspecified atom stereocenters. The first-order valence-electron chi connectivity index (χ1n) is 8.40. The predicted molar refractivity (Wildman–Crippen MR) is 92.4 cm³/mol. The van der Waals surface area contributed by atoms with E-state index in [1.54, 1.807) is 16.7 Å². The van der Waals surface area contributed by atoms with Crippen molar-refractivity contribution in [3.63, 3.8) is 0 Å². The predicted octanol–water partition coefficient (Wildman–Crippen LogP) is 2.47. The summed E-state index contributed by atoms with van der Waals surface area (Å²) in [4.78, 5) is 27.7. The number of nitrogens with one attached hydrogen (secondary N) is 1. The van der Waals surface area contributed by atoms with Crippen LogP contribution in [0.2, 0.25) is 0 Å². The molecule has 4 nitrogen and oxygen atoms in total. The first-order chi connectivity index (χ1) is 11.2. The second kappa shape index (κ2) is 7.39. The molecular formula is C18H24N2O2S. The second-order valence-electron chi connectivity index (χ2n) is 6.35. The number of carbonyl (C=O) groups excluding carboxylic acids is 2. The van der Waals surface area contributed by atoms with Crippen molar-refractivity contribution < 1.29 is 9.59 Å². The maximum Gasteiger partial charge on any atom is 0.242 e. The molecule has 3 rings (SSSR count). The number of hydrogen-bond donors (Lipinski definition) is 1.